The van der Waals surface area contributed by atoms with E-state index in [1.54, 1.807) is 60.7 Å². The fraction of sp³-hybridized carbons (Fsp3) is 0.0833. The number of pyridine rings is 1. The van der Waals surface area contributed by atoms with Crippen LogP contribution in [0, 0.1) is 0 Å². The number of aliphatic imine (C=N–C) groups is 1. The van der Waals surface area contributed by atoms with Crippen molar-refractivity contribution in [3.05, 3.63) is 88.7 Å². The highest BCUT2D eigenvalue weighted by atomic mass is 16.5. The topological polar surface area (TPSA) is 84.1 Å². The minimum Gasteiger partial charge on any atom is -0.508 e. The van der Waals surface area contributed by atoms with Crippen molar-refractivity contribution in [1.29, 1.82) is 0 Å². The molecule has 0 fully saturated rings. The van der Waals surface area contributed by atoms with Crippen LogP contribution in [0.2, 0.25) is 0 Å². The lowest BCUT2D eigenvalue weighted by atomic mass is 10.1. The Morgan fingerprint density at radius 2 is 1.60 bits per heavy atom. The molecule has 0 aliphatic rings. The third kappa shape index (κ3) is 3.63. The van der Waals surface area contributed by atoms with Gasteiger partial charge in [-0.15, -0.1) is 0 Å². The molecule has 0 unspecified atom stereocenters. The molecule has 0 saturated carbocycles. The molecule has 0 amide bonds. The zero-order valence-corrected chi connectivity index (χ0v) is 16.3. The van der Waals surface area contributed by atoms with E-state index in [1.165, 1.54) is 22.9 Å². The van der Waals surface area contributed by atoms with Gasteiger partial charge in [0.1, 0.15) is 11.5 Å². The van der Waals surface area contributed by atoms with Gasteiger partial charge in [0.15, 0.2) is 0 Å². The van der Waals surface area contributed by atoms with E-state index in [4.69, 9.17) is 4.74 Å². The van der Waals surface area contributed by atoms with Crippen molar-refractivity contribution in [1.82, 2.24) is 4.57 Å². The van der Waals surface area contributed by atoms with Gasteiger partial charge >= 0.3 is 0 Å². The number of fused-ring (bicyclic) bond motifs is 1. The predicted molar refractivity (Wildman–Crippen MR) is 118 cm³/mol. The number of phenols is 1. The Kier molecular flexibility index (Phi) is 5.22. The van der Waals surface area contributed by atoms with Crippen molar-refractivity contribution in [2.45, 2.75) is 6.92 Å². The molecule has 0 bridgehead atoms. The first-order valence-electron chi connectivity index (χ1n) is 9.51. The van der Waals surface area contributed by atoms with Crippen molar-refractivity contribution in [3.8, 4) is 23.1 Å². The van der Waals surface area contributed by atoms with Gasteiger partial charge in [-0.05, 0) is 61.5 Å². The molecule has 1 heterocycles. The standard InChI is InChI=1S/C24H20N2O4/c1-2-30-19-13-9-17(10-14-19)26-23(28)21-6-4-3-5-20(21)22(24(26)29)15-25-16-7-11-18(27)12-8-16/h3-15,27,29H,2H2,1H3. The van der Waals surface area contributed by atoms with E-state index >= 15 is 0 Å². The van der Waals surface area contributed by atoms with E-state index in [-0.39, 0.29) is 17.2 Å². The molecule has 2 N–H and O–H groups in total. The first-order chi connectivity index (χ1) is 14.6. The van der Waals surface area contributed by atoms with Gasteiger partial charge in [0.2, 0.25) is 5.88 Å². The molecule has 3 aromatic carbocycles. The first-order valence-corrected chi connectivity index (χ1v) is 9.51. The molecule has 0 spiro atoms. The molecule has 6 nitrogen and oxygen atoms in total. The highest BCUT2D eigenvalue weighted by Crippen LogP contribution is 2.27. The van der Waals surface area contributed by atoms with Crippen molar-refractivity contribution in [2.24, 2.45) is 4.99 Å². The second-order valence-electron chi connectivity index (χ2n) is 6.62. The summed E-state index contributed by atoms with van der Waals surface area (Å²) < 4.78 is 6.72. The van der Waals surface area contributed by atoms with Crippen LogP contribution in [0.25, 0.3) is 16.5 Å². The second kappa shape index (κ2) is 8.13. The lowest BCUT2D eigenvalue weighted by Gasteiger charge is -2.14. The van der Waals surface area contributed by atoms with Crippen LogP contribution in [0.3, 0.4) is 0 Å². The third-order valence-corrected chi connectivity index (χ3v) is 4.70. The molecular formula is C24H20N2O4. The zero-order valence-electron chi connectivity index (χ0n) is 16.3. The number of ether oxygens (including phenoxy) is 1. The number of benzene rings is 3. The lowest BCUT2D eigenvalue weighted by Crippen LogP contribution is -2.20. The molecule has 1 aromatic heterocycles. The van der Waals surface area contributed by atoms with Crippen molar-refractivity contribution < 1.29 is 14.9 Å². The first kappa shape index (κ1) is 19.3. The van der Waals surface area contributed by atoms with Crippen LogP contribution >= 0.6 is 0 Å². The second-order valence-corrected chi connectivity index (χ2v) is 6.62. The van der Waals surface area contributed by atoms with Gasteiger partial charge in [-0.3, -0.25) is 9.79 Å². The molecule has 0 aliphatic heterocycles. The van der Waals surface area contributed by atoms with Crippen LogP contribution in [0.5, 0.6) is 17.4 Å². The average Bonchev–Trinajstić information content (AvgIpc) is 2.76. The fourth-order valence-electron chi connectivity index (χ4n) is 3.26. The zero-order chi connectivity index (χ0) is 21.1. The number of hydrogen-bond donors (Lipinski definition) is 2. The minimum atomic E-state index is -0.325. The highest BCUT2D eigenvalue weighted by Gasteiger charge is 2.16. The summed E-state index contributed by atoms with van der Waals surface area (Å²) >= 11 is 0. The summed E-state index contributed by atoms with van der Waals surface area (Å²) in [5, 5.41) is 21.5. The van der Waals surface area contributed by atoms with Crippen molar-refractivity contribution in [3.63, 3.8) is 0 Å². The molecule has 0 aliphatic carbocycles. The Morgan fingerprint density at radius 1 is 0.933 bits per heavy atom. The maximum Gasteiger partial charge on any atom is 0.265 e. The molecule has 0 saturated heterocycles. The lowest BCUT2D eigenvalue weighted by molar-refractivity contribution is 0.340. The summed E-state index contributed by atoms with van der Waals surface area (Å²) in [7, 11) is 0. The Bertz CT molecular complexity index is 1270. The summed E-state index contributed by atoms with van der Waals surface area (Å²) in [5.41, 5.74) is 1.22. The summed E-state index contributed by atoms with van der Waals surface area (Å²) in [6.07, 6.45) is 1.52. The van der Waals surface area contributed by atoms with Crippen LogP contribution in [0.4, 0.5) is 5.69 Å². The monoisotopic (exact) mass is 400 g/mol. The van der Waals surface area contributed by atoms with E-state index in [0.717, 1.165) is 0 Å². The Morgan fingerprint density at radius 3 is 2.27 bits per heavy atom. The van der Waals surface area contributed by atoms with Crippen LogP contribution < -0.4 is 10.3 Å². The van der Waals surface area contributed by atoms with Gasteiger partial charge in [0.05, 0.1) is 23.5 Å². The quantitative estimate of drug-likeness (QED) is 0.481. The van der Waals surface area contributed by atoms with Gasteiger partial charge in [-0.2, -0.15) is 0 Å². The van der Waals surface area contributed by atoms with Crippen molar-refractivity contribution in [2.75, 3.05) is 6.61 Å². The maximum atomic E-state index is 13.1. The average molecular weight is 400 g/mol. The van der Waals surface area contributed by atoms with E-state index in [9.17, 15) is 15.0 Å². The normalized spacial score (nSPS) is 11.2. The SMILES string of the molecule is CCOc1ccc(-n2c(O)c(C=Nc3ccc(O)cc3)c3ccccc3c2=O)cc1. The Labute approximate surface area is 173 Å². The van der Waals surface area contributed by atoms with Crippen LogP contribution in [0.15, 0.2) is 82.6 Å². The van der Waals surface area contributed by atoms with Crippen LogP contribution in [-0.4, -0.2) is 27.6 Å². The summed E-state index contributed by atoms with van der Waals surface area (Å²) in [4.78, 5) is 17.5. The van der Waals surface area contributed by atoms with Gasteiger partial charge in [-0.25, -0.2) is 4.57 Å². The van der Waals surface area contributed by atoms with Gasteiger partial charge in [0, 0.05) is 17.0 Å². The van der Waals surface area contributed by atoms with E-state index in [1.807, 2.05) is 6.92 Å². The Hall–Kier alpha value is -4.06. The predicted octanol–water partition coefficient (Wildman–Crippen LogP) is 4.55. The van der Waals surface area contributed by atoms with E-state index in [0.29, 0.717) is 40.1 Å². The number of phenolic OH excluding ortho intramolecular Hbond substituents is 1. The fourth-order valence-corrected chi connectivity index (χ4v) is 3.26. The highest BCUT2D eigenvalue weighted by molar-refractivity contribution is 6.02. The molecule has 150 valence electrons. The summed E-state index contributed by atoms with van der Waals surface area (Å²) in [6.45, 7) is 2.44. The number of aromatic nitrogens is 1. The van der Waals surface area contributed by atoms with Crippen LogP contribution in [-0.2, 0) is 0 Å². The van der Waals surface area contributed by atoms with E-state index in [2.05, 4.69) is 4.99 Å². The minimum absolute atomic E-state index is 0.145. The van der Waals surface area contributed by atoms with Crippen molar-refractivity contribution >= 4 is 22.7 Å². The molecule has 4 rings (SSSR count). The molecular weight excluding hydrogens is 380 g/mol. The van der Waals surface area contributed by atoms with Gasteiger partial charge < -0.3 is 14.9 Å². The summed E-state index contributed by atoms with van der Waals surface area (Å²) in [5.74, 6) is 0.625. The maximum absolute atomic E-state index is 13.1. The summed E-state index contributed by atoms with van der Waals surface area (Å²) in [6, 6.07) is 20.4. The smallest absolute Gasteiger partial charge is 0.265 e. The molecule has 0 atom stereocenters. The van der Waals surface area contributed by atoms with Gasteiger partial charge in [0.25, 0.3) is 5.56 Å². The molecule has 0 radical (unpaired) electrons. The van der Waals surface area contributed by atoms with E-state index < -0.39 is 0 Å². The largest absolute Gasteiger partial charge is 0.508 e. The Balaban J connectivity index is 1.89. The van der Waals surface area contributed by atoms with Crippen LogP contribution in [0.1, 0.15) is 12.5 Å². The third-order valence-electron chi connectivity index (χ3n) is 4.70. The number of hydrogen-bond acceptors (Lipinski definition) is 5. The number of rotatable bonds is 5. The molecule has 4 aromatic rings. The molecule has 6 heteroatoms. The number of aromatic hydroxyl groups is 2. The molecule has 30 heavy (non-hydrogen) atoms. The number of nitrogens with zero attached hydrogens (tertiary/aromatic N) is 2. The van der Waals surface area contributed by atoms with Gasteiger partial charge in [-0.1, -0.05) is 18.2 Å².